The quantitative estimate of drug-likeness (QED) is 0.267. The van der Waals surface area contributed by atoms with Crippen LogP contribution in [0.2, 0.25) is 0 Å². The number of H-pyrrole nitrogens is 1. The lowest BCUT2D eigenvalue weighted by Gasteiger charge is -2.16. The number of methoxy groups -OCH3 is 1. The van der Waals surface area contributed by atoms with Crippen LogP contribution < -0.4 is 20.8 Å². The molecular formula is C28H24N2O7. The number of rotatable bonds is 9. The molecule has 4 aromatic rings. The molecule has 37 heavy (non-hydrogen) atoms. The van der Waals surface area contributed by atoms with Gasteiger partial charge >= 0.3 is 11.9 Å². The molecule has 1 heterocycles. The Morgan fingerprint density at radius 2 is 1.54 bits per heavy atom. The van der Waals surface area contributed by atoms with E-state index in [1.807, 2.05) is 54.6 Å². The molecule has 0 radical (unpaired) electrons. The molecule has 5 N–H and O–H groups in total. The zero-order valence-corrected chi connectivity index (χ0v) is 19.9. The highest BCUT2D eigenvalue weighted by molar-refractivity contribution is 6.07. The number of nitrogens with one attached hydrogen (secondary N) is 1. The number of hydrogen-bond donors (Lipinski definition) is 4. The number of aromatic nitrogens is 1. The Kier molecular flexibility index (Phi) is 7.24. The lowest BCUT2D eigenvalue weighted by molar-refractivity contribution is 0.0695. The van der Waals surface area contributed by atoms with Crippen LogP contribution in [0.1, 0.15) is 37.4 Å². The molecule has 9 nitrogen and oxygen atoms in total. The third-order valence-corrected chi connectivity index (χ3v) is 5.83. The molecule has 0 saturated carbocycles. The molecule has 0 saturated heterocycles. The third-order valence-electron chi connectivity index (χ3n) is 5.83. The van der Waals surface area contributed by atoms with E-state index in [1.165, 1.54) is 19.2 Å². The number of aromatic carboxylic acids is 2. The summed E-state index contributed by atoms with van der Waals surface area (Å²) in [6.45, 7) is 0.0340. The number of benzene rings is 3. The minimum atomic E-state index is -1.58. The van der Waals surface area contributed by atoms with Crippen LogP contribution in [0.3, 0.4) is 0 Å². The Morgan fingerprint density at radius 1 is 0.865 bits per heavy atom. The van der Waals surface area contributed by atoms with E-state index in [0.717, 1.165) is 11.1 Å². The van der Waals surface area contributed by atoms with E-state index in [1.54, 1.807) is 6.07 Å². The number of carboxylic acid groups (broad SMARTS) is 2. The summed E-state index contributed by atoms with van der Waals surface area (Å²) in [4.78, 5) is 38.4. The number of nitrogens with two attached hydrogens (primary N) is 1. The van der Waals surface area contributed by atoms with Crippen molar-refractivity contribution in [2.45, 2.75) is 13.0 Å². The molecule has 0 aliphatic rings. The minimum absolute atomic E-state index is 0.0340. The van der Waals surface area contributed by atoms with Gasteiger partial charge in [-0.05, 0) is 34.9 Å². The number of carboxylic acids is 2. The molecule has 0 atom stereocenters. The van der Waals surface area contributed by atoms with Gasteiger partial charge in [0.1, 0.15) is 35.1 Å². The molecule has 9 heteroatoms. The number of nitrogen functional groups attached to an aromatic ring is 1. The molecule has 4 rings (SSSR count). The first-order valence-corrected chi connectivity index (χ1v) is 11.2. The summed E-state index contributed by atoms with van der Waals surface area (Å²) >= 11 is 0. The second kappa shape index (κ2) is 10.7. The van der Waals surface area contributed by atoms with E-state index in [9.17, 15) is 24.6 Å². The highest BCUT2D eigenvalue weighted by atomic mass is 16.5. The first-order valence-electron chi connectivity index (χ1n) is 11.2. The lowest BCUT2D eigenvalue weighted by Crippen LogP contribution is -2.24. The lowest BCUT2D eigenvalue weighted by atomic mass is 9.94. The van der Waals surface area contributed by atoms with E-state index < -0.39 is 34.4 Å². The summed E-state index contributed by atoms with van der Waals surface area (Å²) in [5, 5.41) is 19.4. The molecule has 0 amide bonds. The first kappa shape index (κ1) is 25.1. The summed E-state index contributed by atoms with van der Waals surface area (Å²) in [7, 11) is 1.47. The van der Waals surface area contributed by atoms with Crippen LogP contribution in [0, 0.1) is 0 Å². The normalized spacial score (nSPS) is 10.6. The highest BCUT2D eigenvalue weighted by Crippen LogP contribution is 2.33. The van der Waals surface area contributed by atoms with Gasteiger partial charge in [-0.25, -0.2) is 9.59 Å². The Bertz CT molecular complexity index is 1530. The molecule has 0 aliphatic heterocycles. The monoisotopic (exact) mass is 500 g/mol. The third kappa shape index (κ3) is 5.30. The Balaban J connectivity index is 1.75. The van der Waals surface area contributed by atoms with Gasteiger partial charge in [0.05, 0.1) is 7.11 Å². The molecule has 0 unspecified atom stereocenters. The maximum absolute atomic E-state index is 12.4. The Labute approximate surface area is 211 Å². The summed E-state index contributed by atoms with van der Waals surface area (Å²) in [6.07, 6.45) is 0.657. The van der Waals surface area contributed by atoms with Crippen LogP contribution in [0.4, 0.5) is 5.82 Å². The summed E-state index contributed by atoms with van der Waals surface area (Å²) in [5.41, 5.74) is 5.99. The fourth-order valence-electron chi connectivity index (χ4n) is 4.14. The molecule has 0 aliphatic carbocycles. The highest BCUT2D eigenvalue weighted by Gasteiger charge is 2.27. The summed E-state index contributed by atoms with van der Waals surface area (Å²) in [5.74, 6) is -2.41. The van der Waals surface area contributed by atoms with Crippen molar-refractivity contribution >= 4 is 17.8 Å². The van der Waals surface area contributed by atoms with Crippen molar-refractivity contribution in [3.8, 4) is 22.6 Å². The minimum Gasteiger partial charge on any atom is -0.496 e. The van der Waals surface area contributed by atoms with Gasteiger partial charge in [0.25, 0.3) is 5.56 Å². The number of carbonyl (C=O) groups is 2. The zero-order valence-electron chi connectivity index (χ0n) is 19.9. The van der Waals surface area contributed by atoms with Crippen LogP contribution in [0.15, 0.2) is 77.6 Å². The average molecular weight is 501 g/mol. The van der Waals surface area contributed by atoms with E-state index in [0.29, 0.717) is 23.5 Å². The smallest absolute Gasteiger partial charge is 0.342 e. The standard InChI is InChI=1S/C28H24N2O7/c1-36-20-12-11-18(22-23(27(32)33)25(29)30-26(31)24(22)28(34)35)14-19(20)15-37-21-10-6-5-9-17(21)13-16-7-3-2-4-8-16/h2-12,14H,13,15H2,1H3,(H,32,33)(H,34,35)(H3,29,30,31). The summed E-state index contributed by atoms with van der Waals surface area (Å²) in [6, 6.07) is 22.1. The van der Waals surface area contributed by atoms with Gasteiger partial charge in [-0.3, -0.25) is 4.79 Å². The van der Waals surface area contributed by atoms with Gasteiger partial charge in [0.15, 0.2) is 0 Å². The zero-order chi connectivity index (χ0) is 26.5. The second-order valence-electron chi connectivity index (χ2n) is 8.19. The fourth-order valence-corrected chi connectivity index (χ4v) is 4.14. The van der Waals surface area contributed by atoms with Gasteiger partial charge in [-0.15, -0.1) is 0 Å². The van der Waals surface area contributed by atoms with Crippen LogP contribution >= 0.6 is 0 Å². The Hall–Kier alpha value is -5.05. The van der Waals surface area contributed by atoms with Crippen molar-refractivity contribution in [1.82, 2.24) is 4.98 Å². The van der Waals surface area contributed by atoms with Crippen molar-refractivity contribution in [1.29, 1.82) is 0 Å². The van der Waals surface area contributed by atoms with Crippen molar-refractivity contribution in [3.05, 3.63) is 111 Å². The SMILES string of the molecule is COc1ccc(-c2c(C(=O)O)c(N)[nH]c(=O)c2C(=O)O)cc1COc1ccccc1Cc1ccccc1. The number of hydrogen-bond acceptors (Lipinski definition) is 6. The van der Waals surface area contributed by atoms with Crippen LogP contribution in [-0.2, 0) is 13.0 Å². The average Bonchev–Trinajstić information content (AvgIpc) is 2.87. The maximum Gasteiger partial charge on any atom is 0.342 e. The van der Waals surface area contributed by atoms with E-state index >= 15 is 0 Å². The Morgan fingerprint density at radius 3 is 2.22 bits per heavy atom. The van der Waals surface area contributed by atoms with Crippen molar-refractivity contribution in [2.24, 2.45) is 0 Å². The van der Waals surface area contributed by atoms with Crippen molar-refractivity contribution in [2.75, 3.05) is 12.8 Å². The maximum atomic E-state index is 12.4. The van der Waals surface area contributed by atoms with Crippen molar-refractivity contribution in [3.63, 3.8) is 0 Å². The van der Waals surface area contributed by atoms with Gasteiger partial charge in [-0.1, -0.05) is 54.6 Å². The number of pyridine rings is 1. The number of aromatic amines is 1. The van der Waals surface area contributed by atoms with Gasteiger partial charge in [0, 0.05) is 17.5 Å². The predicted octanol–water partition coefficient (Wildman–Crippen LogP) is 4.20. The molecule has 188 valence electrons. The fraction of sp³-hybridized carbons (Fsp3) is 0.107. The topological polar surface area (TPSA) is 152 Å². The number of para-hydroxylation sites is 1. The summed E-state index contributed by atoms with van der Waals surface area (Å²) < 4.78 is 11.6. The second-order valence-corrected chi connectivity index (χ2v) is 8.19. The van der Waals surface area contributed by atoms with Crippen LogP contribution in [0.5, 0.6) is 11.5 Å². The van der Waals surface area contributed by atoms with Gasteiger partial charge < -0.3 is 30.4 Å². The largest absolute Gasteiger partial charge is 0.496 e. The molecule has 0 spiro atoms. The number of ether oxygens (including phenoxy) is 2. The van der Waals surface area contributed by atoms with Gasteiger partial charge in [0.2, 0.25) is 0 Å². The predicted molar refractivity (Wildman–Crippen MR) is 137 cm³/mol. The molecule has 1 aromatic heterocycles. The first-order chi connectivity index (χ1) is 17.8. The van der Waals surface area contributed by atoms with Crippen LogP contribution in [-0.4, -0.2) is 34.2 Å². The molecule has 3 aromatic carbocycles. The number of anilines is 1. The van der Waals surface area contributed by atoms with E-state index in [-0.39, 0.29) is 17.7 Å². The van der Waals surface area contributed by atoms with Gasteiger partial charge in [-0.2, -0.15) is 0 Å². The molecular weight excluding hydrogens is 476 g/mol. The molecule has 0 fully saturated rings. The molecule has 0 bridgehead atoms. The van der Waals surface area contributed by atoms with Crippen molar-refractivity contribution < 1.29 is 29.3 Å². The van der Waals surface area contributed by atoms with E-state index in [4.69, 9.17) is 15.2 Å². The van der Waals surface area contributed by atoms with E-state index in [2.05, 4.69) is 4.98 Å². The van der Waals surface area contributed by atoms with Crippen LogP contribution in [0.25, 0.3) is 11.1 Å².